The lowest BCUT2D eigenvalue weighted by atomic mass is 10.2. The second-order valence-electron chi connectivity index (χ2n) is 4.78. The molecule has 2 rings (SSSR count). The maximum atomic E-state index is 12.8. The molecule has 0 aliphatic heterocycles. The van der Waals surface area contributed by atoms with E-state index in [1.165, 1.54) is 18.4 Å². The fraction of sp³-hybridized carbons (Fsp3) is 0.250. The molecule has 1 amide bonds. The molecule has 0 radical (unpaired) electrons. The zero-order valence-corrected chi connectivity index (χ0v) is 12.2. The summed E-state index contributed by atoms with van der Waals surface area (Å²) in [6.07, 6.45) is 0.865. The Kier molecular flexibility index (Phi) is 5.74. The maximum absolute atomic E-state index is 12.8. The van der Waals surface area contributed by atoms with Gasteiger partial charge in [-0.3, -0.25) is 4.79 Å². The van der Waals surface area contributed by atoms with Crippen molar-refractivity contribution in [3.05, 3.63) is 54.2 Å². The lowest BCUT2D eigenvalue weighted by Gasteiger charge is -2.15. The molecular formula is C16H16FNO5. The smallest absolute Gasteiger partial charge is 0.346 e. The van der Waals surface area contributed by atoms with Crippen molar-refractivity contribution in [1.29, 1.82) is 0 Å². The third-order valence-corrected chi connectivity index (χ3v) is 3.03. The first-order valence-corrected chi connectivity index (χ1v) is 6.98. The molecule has 2 N–H and O–H groups in total. The number of hydrogen-bond acceptors (Lipinski definition) is 4. The van der Waals surface area contributed by atoms with E-state index in [-0.39, 0.29) is 24.6 Å². The molecule has 23 heavy (non-hydrogen) atoms. The Morgan fingerprint density at radius 2 is 2.00 bits per heavy atom. The second-order valence-corrected chi connectivity index (χ2v) is 4.78. The van der Waals surface area contributed by atoms with E-state index in [4.69, 9.17) is 14.3 Å². The molecule has 1 aromatic heterocycles. The van der Waals surface area contributed by atoms with E-state index in [2.05, 4.69) is 5.32 Å². The van der Waals surface area contributed by atoms with Crippen molar-refractivity contribution in [3.63, 3.8) is 0 Å². The van der Waals surface area contributed by atoms with E-state index in [9.17, 15) is 14.0 Å². The number of hydrogen-bond donors (Lipinski definition) is 2. The fourth-order valence-electron chi connectivity index (χ4n) is 1.84. The number of carbonyl (C=O) groups excluding carboxylic acids is 1. The number of carboxylic acid groups (broad SMARTS) is 1. The van der Waals surface area contributed by atoms with Crippen LogP contribution in [-0.4, -0.2) is 29.6 Å². The number of rotatable bonds is 8. The van der Waals surface area contributed by atoms with E-state index in [0.29, 0.717) is 12.2 Å². The van der Waals surface area contributed by atoms with Gasteiger partial charge in [0.2, 0.25) is 12.0 Å². The molecule has 0 saturated carbocycles. The average Bonchev–Trinajstić information content (AvgIpc) is 3.04. The van der Waals surface area contributed by atoms with Crippen molar-refractivity contribution < 1.29 is 28.2 Å². The maximum Gasteiger partial charge on any atom is 0.346 e. The lowest BCUT2D eigenvalue weighted by Crippen LogP contribution is -2.40. The van der Waals surface area contributed by atoms with Gasteiger partial charge in [-0.1, -0.05) is 0 Å². The Hall–Kier alpha value is -2.83. The number of benzene rings is 1. The van der Waals surface area contributed by atoms with Crippen molar-refractivity contribution in [3.8, 4) is 5.75 Å². The number of aliphatic carboxylic acids is 1. The number of ether oxygens (including phenoxy) is 1. The molecule has 6 nitrogen and oxygen atoms in total. The topological polar surface area (TPSA) is 88.8 Å². The van der Waals surface area contributed by atoms with Crippen LogP contribution in [0.1, 0.15) is 12.2 Å². The zero-order chi connectivity index (χ0) is 16.7. The van der Waals surface area contributed by atoms with E-state index >= 15 is 0 Å². The van der Waals surface area contributed by atoms with E-state index in [0.717, 1.165) is 12.1 Å². The van der Waals surface area contributed by atoms with Crippen LogP contribution in [0.4, 0.5) is 4.39 Å². The van der Waals surface area contributed by atoms with Crippen LogP contribution in [0.25, 0.3) is 0 Å². The van der Waals surface area contributed by atoms with Gasteiger partial charge in [-0.15, -0.1) is 0 Å². The molecule has 0 bridgehead atoms. The predicted octanol–water partition coefficient (Wildman–Crippen LogP) is 2.00. The highest BCUT2D eigenvalue weighted by atomic mass is 19.1. The standard InChI is InChI=1S/C16H16FNO5/c17-11-3-5-13(6-4-11)23-14(16(20)21)10-18-15(19)8-7-12-2-1-9-22-12/h1-6,9,14H,7-8,10H2,(H,18,19)(H,20,21). The SMILES string of the molecule is O=C(CCc1ccco1)NCC(Oc1ccc(F)cc1)C(=O)O. The zero-order valence-electron chi connectivity index (χ0n) is 12.2. The first-order valence-electron chi connectivity index (χ1n) is 6.98. The van der Waals surface area contributed by atoms with E-state index in [1.807, 2.05) is 0 Å². The minimum absolute atomic E-state index is 0.177. The highest BCUT2D eigenvalue weighted by molar-refractivity contribution is 5.78. The van der Waals surface area contributed by atoms with Gasteiger partial charge < -0.3 is 19.6 Å². The molecule has 0 saturated heterocycles. The highest BCUT2D eigenvalue weighted by Crippen LogP contribution is 2.13. The summed E-state index contributed by atoms with van der Waals surface area (Å²) in [6.45, 7) is -0.191. The van der Waals surface area contributed by atoms with Gasteiger partial charge in [0.25, 0.3) is 0 Å². The Morgan fingerprint density at radius 1 is 1.26 bits per heavy atom. The normalized spacial score (nSPS) is 11.7. The quantitative estimate of drug-likeness (QED) is 0.776. The first-order chi connectivity index (χ1) is 11.0. The largest absolute Gasteiger partial charge is 0.478 e. The summed E-state index contributed by atoms with van der Waals surface area (Å²) in [5, 5.41) is 11.6. The minimum atomic E-state index is -1.26. The number of carboxylic acids is 1. The summed E-state index contributed by atoms with van der Waals surface area (Å²) in [5.41, 5.74) is 0. The molecule has 0 aliphatic rings. The van der Waals surface area contributed by atoms with Crippen molar-refractivity contribution in [2.24, 2.45) is 0 Å². The molecule has 0 fully saturated rings. The van der Waals surface area contributed by atoms with Crippen molar-refractivity contribution in [2.45, 2.75) is 18.9 Å². The van der Waals surface area contributed by atoms with Crippen molar-refractivity contribution in [1.82, 2.24) is 5.32 Å². The third kappa shape index (κ3) is 5.46. The van der Waals surface area contributed by atoms with Crippen LogP contribution in [0.15, 0.2) is 47.1 Å². The van der Waals surface area contributed by atoms with Crippen molar-refractivity contribution in [2.75, 3.05) is 6.54 Å². The monoisotopic (exact) mass is 321 g/mol. The van der Waals surface area contributed by atoms with Crippen molar-refractivity contribution >= 4 is 11.9 Å². The fourth-order valence-corrected chi connectivity index (χ4v) is 1.84. The van der Waals surface area contributed by atoms with Gasteiger partial charge in [-0.2, -0.15) is 0 Å². The Morgan fingerprint density at radius 3 is 2.61 bits per heavy atom. The molecule has 1 aromatic carbocycles. The average molecular weight is 321 g/mol. The summed E-state index contributed by atoms with van der Waals surface area (Å²) in [6, 6.07) is 8.45. The van der Waals surface area contributed by atoms with Crippen LogP contribution in [0, 0.1) is 5.82 Å². The molecule has 1 heterocycles. The summed E-state index contributed by atoms with van der Waals surface area (Å²) >= 11 is 0. The van der Waals surface area contributed by atoms with Gasteiger partial charge in [0.05, 0.1) is 12.8 Å². The van der Waals surface area contributed by atoms with Gasteiger partial charge in [-0.25, -0.2) is 9.18 Å². The second kappa shape index (κ2) is 7.98. The lowest BCUT2D eigenvalue weighted by molar-refractivity contribution is -0.145. The highest BCUT2D eigenvalue weighted by Gasteiger charge is 2.20. The van der Waals surface area contributed by atoms with Crippen LogP contribution in [0.2, 0.25) is 0 Å². The molecule has 2 aromatic rings. The molecule has 0 spiro atoms. The summed E-state index contributed by atoms with van der Waals surface area (Å²) < 4.78 is 23.1. The molecule has 7 heteroatoms. The number of amides is 1. The number of furan rings is 1. The molecule has 0 aliphatic carbocycles. The third-order valence-electron chi connectivity index (χ3n) is 3.03. The summed E-state index contributed by atoms with van der Waals surface area (Å²) in [4.78, 5) is 22.9. The number of nitrogens with one attached hydrogen (secondary N) is 1. The van der Waals surface area contributed by atoms with Crippen LogP contribution in [0.3, 0.4) is 0 Å². The van der Waals surface area contributed by atoms with Gasteiger partial charge in [0.15, 0.2) is 0 Å². The first kappa shape index (κ1) is 16.5. The predicted molar refractivity (Wildman–Crippen MR) is 78.5 cm³/mol. The van der Waals surface area contributed by atoms with E-state index in [1.54, 1.807) is 12.1 Å². The van der Waals surface area contributed by atoms with Gasteiger partial charge in [-0.05, 0) is 36.4 Å². The number of aryl methyl sites for hydroxylation is 1. The molecule has 1 unspecified atom stereocenters. The Labute approximate surface area is 131 Å². The van der Waals surface area contributed by atoms with Crippen LogP contribution >= 0.6 is 0 Å². The van der Waals surface area contributed by atoms with Gasteiger partial charge >= 0.3 is 5.97 Å². The van der Waals surface area contributed by atoms with Gasteiger partial charge in [0.1, 0.15) is 17.3 Å². The van der Waals surface area contributed by atoms with Crippen LogP contribution in [0.5, 0.6) is 5.75 Å². The molecule has 122 valence electrons. The molecular weight excluding hydrogens is 305 g/mol. The summed E-state index contributed by atoms with van der Waals surface area (Å²) in [7, 11) is 0. The minimum Gasteiger partial charge on any atom is -0.478 e. The van der Waals surface area contributed by atoms with Crippen LogP contribution in [-0.2, 0) is 16.0 Å². The number of halogens is 1. The Balaban J connectivity index is 1.80. The number of carbonyl (C=O) groups is 2. The summed E-state index contributed by atoms with van der Waals surface area (Å²) in [5.74, 6) is -1.09. The Bertz CT molecular complexity index is 639. The van der Waals surface area contributed by atoms with Crippen LogP contribution < -0.4 is 10.1 Å². The molecule has 1 atom stereocenters. The van der Waals surface area contributed by atoms with Gasteiger partial charge in [0, 0.05) is 12.8 Å². The van der Waals surface area contributed by atoms with E-state index < -0.39 is 17.9 Å².